The predicted molar refractivity (Wildman–Crippen MR) is 58.5 cm³/mol. The highest BCUT2D eigenvalue weighted by atomic mass is 32.2. The van der Waals surface area contributed by atoms with E-state index in [0.717, 1.165) is 18.7 Å². The molecule has 1 aliphatic heterocycles. The lowest BCUT2D eigenvalue weighted by molar-refractivity contribution is 0.561. The third kappa shape index (κ3) is 2.71. The molecule has 0 aromatic carbocycles. The number of rotatable bonds is 2. The highest BCUT2D eigenvalue weighted by Crippen LogP contribution is 2.15. The second-order valence-corrected chi connectivity index (χ2v) is 6.20. The Kier molecular flexibility index (Phi) is 2.68. The van der Waals surface area contributed by atoms with Gasteiger partial charge in [0.15, 0.2) is 9.84 Å². The predicted octanol–water partition coefficient (Wildman–Crippen LogP) is 0.409. The van der Waals surface area contributed by atoms with Gasteiger partial charge in [-0.15, -0.1) is 0 Å². The van der Waals surface area contributed by atoms with Crippen LogP contribution in [-0.2, 0) is 16.9 Å². The summed E-state index contributed by atoms with van der Waals surface area (Å²) in [4.78, 5) is 0. The zero-order valence-corrected chi connectivity index (χ0v) is 9.50. The summed E-state index contributed by atoms with van der Waals surface area (Å²) in [5.74, 6) is 1.30. The number of nitrogens with zero attached hydrogens (tertiary/aromatic N) is 2. The molecular formula is C9H15N3O2S. The van der Waals surface area contributed by atoms with Crippen molar-refractivity contribution in [3.05, 3.63) is 12.3 Å². The molecular weight excluding hydrogens is 214 g/mol. The average molecular weight is 229 g/mol. The summed E-state index contributed by atoms with van der Waals surface area (Å²) in [5, 5.41) is 7.31. The van der Waals surface area contributed by atoms with Crippen LogP contribution in [-0.4, -0.2) is 35.7 Å². The maximum atomic E-state index is 11.4. The van der Waals surface area contributed by atoms with E-state index in [9.17, 15) is 8.42 Å². The first-order chi connectivity index (χ1) is 7.05. The van der Waals surface area contributed by atoms with Gasteiger partial charge in [-0.25, -0.2) is 8.42 Å². The fourth-order valence-corrected chi connectivity index (χ4v) is 3.47. The van der Waals surface area contributed by atoms with E-state index in [4.69, 9.17) is 0 Å². The number of hydrogen-bond acceptors (Lipinski definition) is 4. The van der Waals surface area contributed by atoms with Crippen molar-refractivity contribution in [1.82, 2.24) is 9.78 Å². The fraction of sp³-hybridized carbons (Fsp3) is 0.667. The lowest BCUT2D eigenvalue weighted by Crippen LogP contribution is -2.34. The van der Waals surface area contributed by atoms with Crippen LogP contribution in [0, 0.1) is 0 Å². The smallest absolute Gasteiger partial charge is 0.152 e. The molecule has 1 aromatic heterocycles. The summed E-state index contributed by atoms with van der Waals surface area (Å²) in [6, 6.07) is 1.86. The van der Waals surface area contributed by atoms with Gasteiger partial charge in [0, 0.05) is 25.4 Å². The minimum Gasteiger partial charge on any atom is -0.365 e. The first-order valence-corrected chi connectivity index (χ1v) is 6.84. The summed E-state index contributed by atoms with van der Waals surface area (Å²) < 4.78 is 24.5. The van der Waals surface area contributed by atoms with E-state index in [-0.39, 0.29) is 11.8 Å². The number of nitrogens with one attached hydrogen (secondary N) is 1. The fourth-order valence-electron chi connectivity index (χ4n) is 1.84. The third-order valence-electron chi connectivity index (χ3n) is 2.53. The summed E-state index contributed by atoms with van der Waals surface area (Å²) in [6.45, 7) is 0. The topological polar surface area (TPSA) is 64.0 Å². The Hall–Kier alpha value is -1.04. The minimum atomic E-state index is -2.84. The number of hydrogen-bond donors (Lipinski definition) is 1. The molecule has 1 atom stereocenters. The Morgan fingerprint density at radius 1 is 1.60 bits per heavy atom. The largest absolute Gasteiger partial charge is 0.365 e. The maximum Gasteiger partial charge on any atom is 0.152 e. The molecule has 1 aliphatic rings. The summed E-state index contributed by atoms with van der Waals surface area (Å²) in [5.41, 5.74) is 0. The molecule has 0 spiro atoms. The number of anilines is 1. The summed E-state index contributed by atoms with van der Waals surface area (Å²) in [7, 11) is -1.01. The van der Waals surface area contributed by atoms with Crippen molar-refractivity contribution in [2.45, 2.75) is 18.9 Å². The molecule has 0 radical (unpaired) electrons. The van der Waals surface area contributed by atoms with E-state index in [2.05, 4.69) is 10.4 Å². The summed E-state index contributed by atoms with van der Waals surface area (Å²) >= 11 is 0. The van der Waals surface area contributed by atoms with E-state index in [1.807, 2.05) is 19.3 Å². The number of aromatic nitrogens is 2. The monoisotopic (exact) mass is 229 g/mol. The lowest BCUT2D eigenvalue weighted by atomic mass is 10.2. The van der Waals surface area contributed by atoms with Crippen LogP contribution in [0.15, 0.2) is 12.3 Å². The van der Waals surface area contributed by atoms with Crippen LogP contribution in [0.25, 0.3) is 0 Å². The molecule has 2 rings (SSSR count). The van der Waals surface area contributed by atoms with Gasteiger partial charge in [-0.05, 0) is 12.8 Å². The Morgan fingerprint density at radius 2 is 2.40 bits per heavy atom. The van der Waals surface area contributed by atoms with Crippen LogP contribution in [0.1, 0.15) is 12.8 Å². The summed E-state index contributed by atoms with van der Waals surface area (Å²) in [6.07, 6.45) is 3.47. The molecule has 15 heavy (non-hydrogen) atoms. The highest BCUT2D eigenvalue weighted by Gasteiger charge is 2.24. The van der Waals surface area contributed by atoms with Crippen LogP contribution in [0.2, 0.25) is 0 Å². The number of sulfone groups is 1. The van der Waals surface area contributed by atoms with Crippen LogP contribution < -0.4 is 5.32 Å². The third-order valence-corrected chi connectivity index (χ3v) is 4.35. The van der Waals surface area contributed by atoms with Gasteiger partial charge < -0.3 is 5.32 Å². The highest BCUT2D eigenvalue weighted by molar-refractivity contribution is 7.91. The second kappa shape index (κ2) is 3.84. The molecule has 0 aliphatic carbocycles. The normalized spacial score (nSPS) is 25.0. The first-order valence-electron chi connectivity index (χ1n) is 5.02. The molecule has 0 bridgehead atoms. The molecule has 1 unspecified atom stereocenters. The Balaban J connectivity index is 2.01. The van der Waals surface area contributed by atoms with Crippen LogP contribution in [0.5, 0.6) is 0 Å². The lowest BCUT2D eigenvalue weighted by Gasteiger charge is -2.22. The molecule has 6 heteroatoms. The van der Waals surface area contributed by atoms with Gasteiger partial charge in [0.05, 0.1) is 11.5 Å². The van der Waals surface area contributed by atoms with Gasteiger partial charge in [0.25, 0.3) is 0 Å². The van der Waals surface area contributed by atoms with Crippen LogP contribution in [0.4, 0.5) is 5.82 Å². The van der Waals surface area contributed by atoms with Crippen molar-refractivity contribution in [2.75, 3.05) is 16.8 Å². The van der Waals surface area contributed by atoms with E-state index >= 15 is 0 Å². The van der Waals surface area contributed by atoms with Crippen LogP contribution >= 0.6 is 0 Å². The van der Waals surface area contributed by atoms with Crippen LogP contribution in [0.3, 0.4) is 0 Å². The van der Waals surface area contributed by atoms with Gasteiger partial charge in [0.2, 0.25) is 0 Å². The molecule has 1 saturated heterocycles. The van der Waals surface area contributed by atoms with E-state index in [0.29, 0.717) is 5.75 Å². The van der Waals surface area contributed by atoms with E-state index in [1.165, 1.54) is 0 Å². The molecule has 2 heterocycles. The Bertz CT molecular complexity index is 438. The van der Waals surface area contributed by atoms with Crippen molar-refractivity contribution in [3.8, 4) is 0 Å². The molecule has 84 valence electrons. The maximum absolute atomic E-state index is 11.4. The average Bonchev–Trinajstić information content (AvgIpc) is 2.49. The van der Waals surface area contributed by atoms with Gasteiger partial charge in [0.1, 0.15) is 5.82 Å². The molecule has 0 saturated carbocycles. The SMILES string of the molecule is Cn1ccc(NC2CCCS(=O)(=O)C2)n1. The molecule has 1 aromatic rings. The number of aryl methyl sites for hydroxylation is 1. The zero-order chi connectivity index (χ0) is 10.9. The van der Waals surface area contributed by atoms with Crippen molar-refractivity contribution >= 4 is 15.7 Å². The minimum absolute atomic E-state index is 0.0126. The quantitative estimate of drug-likeness (QED) is 0.797. The van der Waals surface area contributed by atoms with Gasteiger partial charge in [-0.3, -0.25) is 4.68 Å². The second-order valence-electron chi connectivity index (χ2n) is 3.97. The molecule has 1 fully saturated rings. The molecule has 5 nitrogen and oxygen atoms in total. The van der Waals surface area contributed by atoms with Gasteiger partial charge in [-0.2, -0.15) is 5.10 Å². The van der Waals surface area contributed by atoms with E-state index in [1.54, 1.807) is 4.68 Å². The Labute approximate surface area is 89.4 Å². The van der Waals surface area contributed by atoms with Crippen molar-refractivity contribution in [2.24, 2.45) is 7.05 Å². The van der Waals surface area contributed by atoms with Gasteiger partial charge in [-0.1, -0.05) is 0 Å². The Morgan fingerprint density at radius 3 is 3.00 bits per heavy atom. The van der Waals surface area contributed by atoms with Crippen molar-refractivity contribution in [1.29, 1.82) is 0 Å². The standard InChI is InChI=1S/C9H15N3O2S/c1-12-5-4-9(11-12)10-8-3-2-6-15(13,14)7-8/h4-5,8H,2-3,6-7H2,1H3,(H,10,11). The molecule has 0 amide bonds. The van der Waals surface area contributed by atoms with Gasteiger partial charge >= 0.3 is 0 Å². The first kappa shape index (κ1) is 10.5. The van der Waals surface area contributed by atoms with E-state index < -0.39 is 9.84 Å². The van der Waals surface area contributed by atoms with Crippen molar-refractivity contribution in [3.63, 3.8) is 0 Å². The van der Waals surface area contributed by atoms with Crippen molar-refractivity contribution < 1.29 is 8.42 Å². The molecule has 1 N–H and O–H groups in total. The zero-order valence-electron chi connectivity index (χ0n) is 8.68.